The summed E-state index contributed by atoms with van der Waals surface area (Å²) >= 11 is 7.97. The number of halogens is 1. The summed E-state index contributed by atoms with van der Waals surface area (Å²) in [5.41, 5.74) is 9.13. The summed E-state index contributed by atoms with van der Waals surface area (Å²) in [5, 5.41) is 53.7. The third-order valence-corrected chi connectivity index (χ3v) is 14.5. The molecule has 3 aromatic heterocycles. The molecule has 2 aliphatic heterocycles. The number of aliphatic imine (C=N–C) groups is 1. The number of benzene rings is 4. The van der Waals surface area contributed by atoms with Crippen LogP contribution in [-0.2, 0) is 17.8 Å². The van der Waals surface area contributed by atoms with Gasteiger partial charge in [-0.3, -0.25) is 19.3 Å². The molecule has 340 valence electrons. The van der Waals surface area contributed by atoms with E-state index in [-0.39, 0.29) is 47.6 Å². The van der Waals surface area contributed by atoms with Crippen molar-refractivity contribution in [3.8, 4) is 39.6 Å². The second-order valence-corrected chi connectivity index (χ2v) is 19.6. The van der Waals surface area contributed by atoms with Crippen LogP contribution in [0.3, 0.4) is 0 Å². The second-order valence-electron chi connectivity index (χ2n) is 18.0. The summed E-state index contributed by atoms with van der Waals surface area (Å²) in [6.45, 7) is 15.0. The van der Waals surface area contributed by atoms with E-state index in [2.05, 4.69) is 85.4 Å². The summed E-state index contributed by atoms with van der Waals surface area (Å²) in [6, 6.07) is 26.2. The zero-order valence-corrected chi connectivity index (χ0v) is 39.5. The van der Waals surface area contributed by atoms with Crippen LogP contribution in [0.5, 0.6) is 17.5 Å². The fraction of sp³-hybridized carbons (Fsp3) is 0.333. The van der Waals surface area contributed by atoms with Gasteiger partial charge in [0, 0.05) is 33.6 Å². The van der Waals surface area contributed by atoms with Crippen LogP contribution in [0, 0.1) is 26.7 Å². The van der Waals surface area contributed by atoms with Gasteiger partial charge in [0.2, 0.25) is 5.91 Å². The van der Waals surface area contributed by atoms with Gasteiger partial charge >= 0.3 is 6.01 Å². The van der Waals surface area contributed by atoms with Crippen LogP contribution in [0.4, 0.5) is 0 Å². The Morgan fingerprint density at radius 2 is 1.53 bits per heavy atom. The van der Waals surface area contributed by atoms with Crippen molar-refractivity contribution >= 4 is 34.6 Å². The van der Waals surface area contributed by atoms with E-state index in [1.165, 1.54) is 26.6 Å². The van der Waals surface area contributed by atoms with Crippen LogP contribution in [0.1, 0.15) is 114 Å². The molecule has 5 heterocycles. The van der Waals surface area contributed by atoms with Crippen molar-refractivity contribution in [2.75, 3.05) is 13.1 Å². The molecule has 0 bridgehead atoms. The molecule has 0 unspecified atom stereocenters. The molecule has 2 atom stereocenters. The number of amides is 1. The Kier molecular flexibility index (Phi) is 12.6. The highest BCUT2D eigenvalue weighted by atomic mass is 35.5. The molecule has 2 aliphatic rings. The molecule has 1 fully saturated rings. The van der Waals surface area contributed by atoms with Crippen LogP contribution in [0.2, 0.25) is 5.02 Å². The topological polar surface area (TPSA) is 167 Å². The van der Waals surface area contributed by atoms with Gasteiger partial charge in [0.05, 0.1) is 29.4 Å². The smallest absolute Gasteiger partial charge is 0.319 e. The van der Waals surface area contributed by atoms with Crippen molar-refractivity contribution in [3.05, 3.63) is 145 Å². The number of phenols is 2. The third-order valence-electron chi connectivity index (χ3n) is 13.1. The Hall–Kier alpha value is -6.35. The number of nitrogens with one attached hydrogen (secondary N) is 1. The van der Waals surface area contributed by atoms with Gasteiger partial charge in [0.15, 0.2) is 11.6 Å². The van der Waals surface area contributed by atoms with E-state index in [0.717, 1.165) is 77.7 Å². The molecule has 4 aromatic carbocycles. The fourth-order valence-corrected chi connectivity index (χ4v) is 10.6. The number of hydrogen-bond acceptors (Lipinski definition) is 11. The Labute approximate surface area is 393 Å². The van der Waals surface area contributed by atoms with Crippen molar-refractivity contribution < 1.29 is 20.1 Å². The molecule has 0 radical (unpaired) electrons. The molecule has 1 saturated heterocycles. The van der Waals surface area contributed by atoms with Crippen LogP contribution in [-0.4, -0.2) is 74.5 Å². The van der Waals surface area contributed by atoms with Crippen molar-refractivity contribution in [2.45, 2.75) is 91.8 Å². The predicted octanol–water partition coefficient (Wildman–Crippen LogP) is 10.0. The van der Waals surface area contributed by atoms with E-state index in [9.17, 15) is 20.1 Å². The van der Waals surface area contributed by atoms with Gasteiger partial charge < -0.3 is 20.6 Å². The SMILES string of the molecule is Cc1sc2c(c1C)C(c1ccc(Cl)cc1)=N[C@H](CC(=O)N[C@@H](C)c1ccc(CN3CCC(Cc4ccc(-n5c(O)nnc5-c5cc(C(C)C)c(O)cc5O)cc4)CC3)cc1)c1nnc(C)n1-2. The van der Waals surface area contributed by atoms with Crippen molar-refractivity contribution in [1.82, 2.24) is 39.7 Å². The van der Waals surface area contributed by atoms with Gasteiger partial charge in [-0.2, -0.15) is 0 Å². The van der Waals surface area contributed by atoms with E-state index in [1.807, 2.05) is 64.1 Å². The lowest BCUT2D eigenvalue weighted by atomic mass is 9.90. The van der Waals surface area contributed by atoms with Crippen LogP contribution in [0.15, 0.2) is 89.9 Å². The number of nitrogens with zero attached hydrogens (tertiary/aromatic N) is 8. The Morgan fingerprint density at radius 3 is 2.23 bits per heavy atom. The lowest BCUT2D eigenvalue weighted by molar-refractivity contribution is -0.122. The Bertz CT molecular complexity index is 2930. The number of hydrogen-bond donors (Lipinski definition) is 4. The van der Waals surface area contributed by atoms with E-state index in [0.29, 0.717) is 33.6 Å². The molecular weight excluding hydrogens is 870 g/mol. The van der Waals surface area contributed by atoms with Gasteiger partial charge in [-0.1, -0.05) is 79.1 Å². The summed E-state index contributed by atoms with van der Waals surface area (Å²) < 4.78 is 3.57. The zero-order valence-electron chi connectivity index (χ0n) is 38.0. The van der Waals surface area contributed by atoms with Crippen LogP contribution in [0.25, 0.3) is 22.1 Å². The van der Waals surface area contributed by atoms with Crippen molar-refractivity contribution in [1.29, 1.82) is 0 Å². The summed E-state index contributed by atoms with van der Waals surface area (Å²) in [4.78, 5) is 22.8. The minimum atomic E-state index is -0.543. The number of phenolic OH excluding ortho intramolecular Hbond substituents is 2. The maximum atomic E-state index is 13.8. The maximum absolute atomic E-state index is 13.8. The monoisotopic (exact) mass is 923 g/mol. The molecule has 0 saturated carbocycles. The molecule has 13 nitrogen and oxygen atoms in total. The zero-order chi connectivity index (χ0) is 46.4. The van der Waals surface area contributed by atoms with Gasteiger partial charge in [-0.25, -0.2) is 4.57 Å². The minimum absolute atomic E-state index is 0.00899. The number of aryl methyl sites for hydroxylation is 2. The number of carbonyl (C=O) groups is 1. The number of likely N-dealkylation sites (tertiary alicyclic amines) is 1. The molecular formula is C51H54ClN9O4S. The molecule has 66 heavy (non-hydrogen) atoms. The number of rotatable bonds is 12. The number of piperidine rings is 1. The van der Waals surface area contributed by atoms with E-state index in [4.69, 9.17) is 16.6 Å². The molecule has 0 aliphatic carbocycles. The van der Waals surface area contributed by atoms with Crippen LogP contribution < -0.4 is 5.32 Å². The van der Waals surface area contributed by atoms with Gasteiger partial charge in [-0.05, 0) is 130 Å². The predicted molar refractivity (Wildman–Crippen MR) is 258 cm³/mol. The van der Waals surface area contributed by atoms with E-state index in [1.54, 1.807) is 17.4 Å². The number of carbonyl (C=O) groups excluding carboxylic acids is 1. The molecule has 9 rings (SSSR count). The van der Waals surface area contributed by atoms with E-state index >= 15 is 0 Å². The fourth-order valence-electron chi connectivity index (χ4n) is 9.25. The highest BCUT2D eigenvalue weighted by Gasteiger charge is 2.33. The largest absolute Gasteiger partial charge is 0.508 e. The van der Waals surface area contributed by atoms with Crippen molar-refractivity contribution in [2.24, 2.45) is 10.9 Å². The van der Waals surface area contributed by atoms with Crippen LogP contribution >= 0.6 is 22.9 Å². The number of thiophene rings is 1. The highest BCUT2D eigenvalue weighted by Crippen LogP contribution is 2.41. The van der Waals surface area contributed by atoms with Crippen molar-refractivity contribution in [3.63, 3.8) is 0 Å². The van der Waals surface area contributed by atoms with Gasteiger partial charge in [0.25, 0.3) is 0 Å². The first-order valence-electron chi connectivity index (χ1n) is 22.5. The van der Waals surface area contributed by atoms with Gasteiger partial charge in [-0.15, -0.1) is 26.6 Å². The average Bonchev–Trinajstić information content (AvgIpc) is 3.93. The number of aromatic hydroxyl groups is 3. The Morgan fingerprint density at radius 1 is 0.833 bits per heavy atom. The molecule has 7 aromatic rings. The summed E-state index contributed by atoms with van der Waals surface area (Å²) in [5.74, 6) is 2.01. The Balaban J connectivity index is 0.795. The lowest BCUT2D eigenvalue weighted by Gasteiger charge is -2.32. The summed E-state index contributed by atoms with van der Waals surface area (Å²) in [6.07, 6.45) is 3.25. The quantitative estimate of drug-likeness (QED) is 0.0933. The minimum Gasteiger partial charge on any atom is -0.508 e. The van der Waals surface area contributed by atoms with E-state index < -0.39 is 6.04 Å². The van der Waals surface area contributed by atoms with Gasteiger partial charge in [0.1, 0.15) is 28.4 Å². The average molecular weight is 925 g/mol. The first kappa shape index (κ1) is 44.8. The molecule has 1 amide bonds. The number of aromatic nitrogens is 6. The number of fused-ring (bicyclic) bond motifs is 3. The standard InChI is InChI=1S/C51H54ClN9O4S/c1-28(2)40-24-41(44(63)26-43(40)62)48-56-58-51(65)61(48)39-17-9-33(10-18-39)23-34-19-21-59(22-20-34)27-35-7-11-36(12-8-35)30(4)53-45(64)25-42-49-57-55-32(6)60(49)50-46(29(3)31(5)66-50)47(54-42)37-13-15-38(52)16-14-37/h7-18,24,26,28,30,34,42,62-63H,19-23,25,27H2,1-6H3,(H,53,64)(H,58,65)/t30-,42+/m0/s1. The molecule has 0 spiro atoms. The first-order chi connectivity index (χ1) is 31.7. The first-order valence-corrected chi connectivity index (χ1v) is 23.7. The normalized spacial score (nSPS) is 15.9. The maximum Gasteiger partial charge on any atom is 0.319 e. The molecule has 15 heteroatoms. The second kappa shape index (κ2) is 18.5. The third kappa shape index (κ3) is 8.97. The molecule has 4 N–H and O–H groups in total. The summed E-state index contributed by atoms with van der Waals surface area (Å²) in [7, 11) is 0. The lowest BCUT2D eigenvalue weighted by Crippen LogP contribution is -2.33. The highest BCUT2D eigenvalue weighted by molar-refractivity contribution is 7.15.